The van der Waals surface area contributed by atoms with E-state index < -0.39 is 39.1 Å². The van der Waals surface area contributed by atoms with Crippen molar-refractivity contribution in [1.82, 2.24) is 51.9 Å². The number of thiazole rings is 1. The van der Waals surface area contributed by atoms with Gasteiger partial charge in [-0.1, -0.05) is 61.9 Å². The number of hydrogen-bond acceptors (Lipinski definition) is 22. The van der Waals surface area contributed by atoms with E-state index in [4.69, 9.17) is 10.2 Å². The number of carbonyl (C=O) groups is 2. The summed E-state index contributed by atoms with van der Waals surface area (Å²) < 4.78 is 33.3. The smallest absolute Gasteiger partial charge is 0.747 e. The van der Waals surface area contributed by atoms with E-state index in [1.54, 1.807) is 31.3 Å². The zero-order chi connectivity index (χ0) is 35.0. The van der Waals surface area contributed by atoms with Crippen LogP contribution in [0.1, 0.15) is 25.4 Å². The quantitative estimate of drug-likeness (QED) is 0.0596. The zero-order valence-corrected chi connectivity index (χ0v) is 32.9. The second-order valence-electron chi connectivity index (χ2n) is 7.91. The molecule has 0 atom stereocenters. The van der Waals surface area contributed by atoms with E-state index in [2.05, 4.69) is 47.4 Å². The molecule has 4 heterocycles. The number of aryl methyl sites for hydroxylation is 2. The monoisotopic (exact) mass is 818 g/mol. The van der Waals surface area contributed by atoms with E-state index in [1.807, 2.05) is 19.4 Å². The summed E-state index contributed by atoms with van der Waals surface area (Å²) in [6.45, 7) is 1.74. The molecule has 7 N–H and O–H groups in total. The van der Waals surface area contributed by atoms with Gasteiger partial charge in [0.25, 0.3) is 0 Å². The second kappa shape index (κ2) is 25.8. The van der Waals surface area contributed by atoms with Crippen LogP contribution < -0.4 is 62.8 Å². The van der Waals surface area contributed by atoms with Crippen molar-refractivity contribution >= 4 is 90.8 Å². The summed E-state index contributed by atoms with van der Waals surface area (Å²) in [4.78, 5) is 50.5. The molecule has 0 unspecified atom stereocenters. The molecule has 2 aromatic rings. The summed E-state index contributed by atoms with van der Waals surface area (Å²) in [7, 11) is -2.65. The van der Waals surface area contributed by atoms with Crippen LogP contribution in [-0.2, 0) is 33.2 Å². The fourth-order valence-corrected chi connectivity index (χ4v) is 6.37. The molecule has 49 heavy (non-hydrogen) atoms. The van der Waals surface area contributed by atoms with Crippen molar-refractivity contribution in [2.45, 2.75) is 37.7 Å². The summed E-state index contributed by atoms with van der Waals surface area (Å²) in [5, 5.41) is 30.8. The largest absolute Gasteiger partial charge is 1.00 e. The third-order valence-corrected chi connectivity index (χ3v) is 9.37. The molecule has 4 rings (SSSR count). The molecular weight excluding hydrogens is 780 g/mol. The number of hydrazone groups is 2. The molecule has 0 aromatic carbocycles. The predicted molar refractivity (Wildman–Crippen MR) is 191 cm³/mol. The maximum absolute atomic E-state index is 10.7. The van der Waals surface area contributed by atoms with E-state index in [9.17, 15) is 32.1 Å². The van der Waals surface area contributed by atoms with Crippen molar-refractivity contribution in [3.05, 3.63) is 31.3 Å². The molecule has 0 spiro atoms. The topological polar surface area (TPSA) is 292 Å². The van der Waals surface area contributed by atoms with Gasteiger partial charge in [0.2, 0.25) is 10.3 Å². The van der Waals surface area contributed by atoms with Crippen molar-refractivity contribution < 1.29 is 62.3 Å². The first kappa shape index (κ1) is 51.3. The summed E-state index contributed by atoms with van der Waals surface area (Å²) in [6.07, 6.45) is 7.34. The van der Waals surface area contributed by atoms with Gasteiger partial charge in [0.05, 0.1) is 12.1 Å². The zero-order valence-electron chi connectivity index (χ0n) is 26.0. The molecule has 274 valence electrons. The minimum absolute atomic E-state index is 0. The van der Waals surface area contributed by atoms with Gasteiger partial charge in [-0.05, 0) is 31.9 Å². The maximum atomic E-state index is 10.7. The Kier molecular flexibility index (Phi) is 27.1. The molecule has 2 aromatic heterocycles. The van der Waals surface area contributed by atoms with Crippen molar-refractivity contribution in [2.24, 2.45) is 17.3 Å². The molecule has 0 bridgehead atoms. The van der Waals surface area contributed by atoms with Gasteiger partial charge >= 0.3 is 52.6 Å². The Hall–Kier alpha value is -2.05. The number of amidine groups is 2. The van der Waals surface area contributed by atoms with Crippen LogP contribution in [0.5, 0.6) is 0 Å². The van der Waals surface area contributed by atoms with Gasteiger partial charge in [0, 0.05) is 11.9 Å². The number of thioether (sulfide) groups is 4. The first-order valence-electron chi connectivity index (χ1n) is 11.9. The van der Waals surface area contributed by atoms with Crippen LogP contribution in [0.4, 0.5) is 0 Å². The molecule has 0 radical (unpaired) electrons. The summed E-state index contributed by atoms with van der Waals surface area (Å²) in [5.74, 6) is -2.34. The number of aliphatic carboxylic acids is 2. The summed E-state index contributed by atoms with van der Waals surface area (Å²) >= 11 is 6.90. The van der Waals surface area contributed by atoms with Crippen LogP contribution in [0, 0.1) is 6.92 Å². The second-order valence-corrected chi connectivity index (χ2v) is 13.7. The molecular formula is C21H39N12NaO9S6. The van der Waals surface area contributed by atoms with Crippen molar-refractivity contribution in [3.8, 4) is 0 Å². The van der Waals surface area contributed by atoms with Crippen molar-refractivity contribution in [3.63, 3.8) is 0 Å². The van der Waals surface area contributed by atoms with Crippen molar-refractivity contribution in [2.75, 3.05) is 37.4 Å². The van der Waals surface area contributed by atoms with Gasteiger partial charge in [-0.15, -0.1) is 32.6 Å². The first-order valence-corrected chi connectivity index (χ1v) is 19.2. The number of hydrogen-bond donors (Lipinski definition) is 7. The number of nitrogens with zero attached hydrogens (tertiary/aromatic N) is 7. The number of H-pyrrole nitrogens is 1. The van der Waals surface area contributed by atoms with Gasteiger partial charge < -0.3 is 14.8 Å². The standard InChI is InChI=1S/C7H9NO2S2.C5H7N3O2S.C4H8N4O2S.C3H8N4O3S2.2CH4.Na/c1-4-5(3-6(9)10)12-7(8-4)11-2;1-8-5(11-2)6-3(9)4(10)7-8;1-11-4-5-6-7-8(4)2-3(9)10;1-11-3-4-5-6-7(3)2-12(8,9)10;;;/h3H2,1-2H3,(H,9,10);1-2H3,(H,7,10);6-7H,2H2,1H3,(H,9,10);5-6H,2H2,1H3,(H,8,9,10);2*1H4;/q;;;;;;+1/p-1. The molecule has 0 saturated carbocycles. The summed E-state index contributed by atoms with van der Waals surface area (Å²) in [5.41, 5.74) is 9.16. The van der Waals surface area contributed by atoms with Gasteiger partial charge in [-0.25, -0.2) is 24.5 Å². The Balaban J connectivity index is -0.000000565. The van der Waals surface area contributed by atoms with E-state index in [1.165, 1.54) is 56.3 Å². The number of hydrazine groups is 4. The van der Waals surface area contributed by atoms with Gasteiger partial charge in [0.1, 0.15) is 26.9 Å². The van der Waals surface area contributed by atoms with Crippen molar-refractivity contribution in [1.29, 1.82) is 0 Å². The van der Waals surface area contributed by atoms with Crippen LogP contribution in [-0.4, -0.2) is 113 Å². The van der Waals surface area contributed by atoms with Crippen LogP contribution in [0.15, 0.2) is 29.3 Å². The Morgan fingerprint density at radius 2 is 1.43 bits per heavy atom. The van der Waals surface area contributed by atoms with E-state index >= 15 is 0 Å². The Morgan fingerprint density at radius 1 is 0.898 bits per heavy atom. The first-order chi connectivity index (χ1) is 21.5. The molecule has 0 amide bonds. The Labute approximate surface area is 326 Å². The Bertz CT molecular complexity index is 1620. The Morgan fingerprint density at radius 3 is 1.86 bits per heavy atom. The average Bonchev–Trinajstić information content (AvgIpc) is 3.70. The SMILES string of the molecule is C.C.CSC1=NNNN1CC(=O)O.CSC1=NNNN1CS(=O)(=O)[O-].CSc1nc(=O)c(=O)[nH]n1C.CSc1nc(C)c(CC(=O)O)s1.[Na+]. The van der Waals surface area contributed by atoms with Gasteiger partial charge in [0.15, 0.2) is 5.16 Å². The van der Waals surface area contributed by atoms with E-state index in [-0.39, 0.29) is 57.4 Å². The van der Waals surface area contributed by atoms with Crippen LogP contribution in [0.3, 0.4) is 0 Å². The van der Waals surface area contributed by atoms with Gasteiger partial charge in [-0.2, -0.15) is 4.98 Å². The molecule has 21 nitrogen and oxygen atoms in total. The van der Waals surface area contributed by atoms with E-state index in [0.717, 1.165) is 19.9 Å². The molecule has 2 aliphatic heterocycles. The predicted octanol–water partition coefficient (Wildman–Crippen LogP) is -3.26. The number of rotatable bonds is 8. The maximum Gasteiger partial charge on any atom is 1.00 e. The molecule has 0 aliphatic carbocycles. The molecule has 28 heteroatoms. The minimum atomic E-state index is -4.27. The molecule has 0 saturated heterocycles. The minimum Gasteiger partial charge on any atom is -0.747 e. The van der Waals surface area contributed by atoms with Gasteiger partial charge in [-0.3, -0.25) is 39.0 Å². The normalized spacial score (nSPS) is 12.6. The number of aromatic amines is 1. The molecule has 2 aliphatic rings. The molecule has 0 fully saturated rings. The number of carboxylic acids is 2. The van der Waals surface area contributed by atoms with Crippen LogP contribution in [0.2, 0.25) is 0 Å². The summed E-state index contributed by atoms with van der Waals surface area (Å²) in [6, 6.07) is 0. The number of aromatic nitrogens is 4. The third kappa shape index (κ3) is 19.8. The fourth-order valence-electron chi connectivity index (χ4n) is 2.72. The number of nitrogens with one attached hydrogen (secondary N) is 5. The average molecular weight is 819 g/mol. The van der Waals surface area contributed by atoms with E-state index in [0.29, 0.717) is 15.5 Å². The number of carboxylic acid groups (broad SMARTS) is 2. The fraction of sp³-hybridized carbons (Fsp3) is 0.524. The third-order valence-electron chi connectivity index (χ3n) is 4.57. The van der Waals surface area contributed by atoms with Crippen LogP contribution >= 0.6 is 58.4 Å². The van der Waals surface area contributed by atoms with Crippen LogP contribution in [0.25, 0.3) is 0 Å².